The Morgan fingerprint density at radius 2 is 1.50 bits per heavy atom. The van der Waals surface area contributed by atoms with Crippen LogP contribution in [0.1, 0.15) is 0 Å². The van der Waals surface area contributed by atoms with Gasteiger partial charge < -0.3 is 5.73 Å². The van der Waals surface area contributed by atoms with Crippen LogP contribution in [0.2, 0.25) is 0 Å². The molecule has 16 heavy (non-hydrogen) atoms. The lowest BCUT2D eigenvalue weighted by Gasteiger charge is -1.89. The highest BCUT2D eigenvalue weighted by Crippen LogP contribution is 1.91. The molecule has 4 N–H and O–H groups in total. The van der Waals surface area contributed by atoms with E-state index in [2.05, 4.69) is 0 Å². The molecule has 2 aromatic heterocycles. The number of rotatable bonds is 0. The molecule has 84 valence electrons. The first-order valence-electron chi connectivity index (χ1n) is 5.00. The number of hydrogen-bond donors (Lipinski definition) is 2. The Morgan fingerprint density at radius 3 is 1.88 bits per heavy atom. The Labute approximate surface area is 95.8 Å². The highest BCUT2D eigenvalue weighted by atomic mass is 15.0. The molecule has 0 atom stereocenters. The van der Waals surface area contributed by atoms with E-state index in [1.54, 1.807) is 0 Å². The van der Waals surface area contributed by atoms with Crippen molar-refractivity contribution in [1.29, 1.82) is 0 Å². The van der Waals surface area contributed by atoms with Gasteiger partial charge >= 0.3 is 0 Å². The zero-order valence-corrected chi connectivity index (χ0v) is 9.67. The number of nitrogens with two attached hydrogens (primary N) is 2. The van der Waals surface area contributed by atoms with Crippen LogP contribution in [0, 0.1) is 0 Å². The van der Waals surface area contributed by atoms with E-state index < -0.39 is 0 Å². The van der Waals surface area contributed by atoms with Crippen LogP contribution in [0.15, 0.2) is 48.9 Å². The fourth-order valence-electron chi connectivity index (χ4n) is 1.05. The maximum atomic E-state index is 5.48. The summed E-state index contributed by atoms with van der Waals surface area (Å²) in [6.45, 7) is 0. The molecule has 0 saturated heterocycles. The summed E-state index contributed by atoms with van der Waals surface area (Å²) in [5.41, 5.74) is 11.7. The van der Waals surface area contributed by atoms with Crippen molar-refractivity contribution in [1.82, 2.24) is 0 Å². The second kappa shape index (κ2) is 5.70. The Balaban J connectivity index is 0.000000160. The van der Waals surface area contributed by atoms with E-state index >= 15 is 0 Å². The van der Waals surface area contributed by atoms with Gasteiger partial charge in [0.05, 0.1) is 13.2 Å². The molecular weight excluding hydrogens is 200 g/mol. The van der Waals surface area contributed by atoms with Crippen LogP contribution >= 0.6 is 0 Å². The molecule has 2 heterocycles. The minimum atomic E-state index is 0.785. The molecular formula is C12H18N4+2. The third-order valence-electron chi connectivity index (χ3n) is 2.10. The van der Waals surface area contributed by atoms with Crippen molar-refractivity contribution in [3.05, 3.63) is 48.9 Å². The van der Waals surface area contributed by atoms with Gasteiger partial charge in [-0.05, 0) is 6.07 Å². The third kappa shape index (κ3) is 3.96. The van der Waals surface area contributed by atoms with Crippen molar-refractivity contribution < 1.29 is 9.13 Å². The first-order chi connectivity index (χ1) is 7.59. The Bertz CT molecular complexity index is 395. The molecule has 0 fully saturated rings. The fraction of sp³-hybridized carbons (Fsp3) is 0.167. The van der Waals surface area contributed by atoms with Crippen LogP contribution in [-0.4, -0.2) is 0 Å². The molecule has 0 aliphatic heterocycles. The summed E-state index contributed by atoms with van der Waals surface area (Å²) in [5.74, 6) is 0.785. The zero-order valence-electron chi connectivity index (χ0n) is 9.67. The van der Waals surface area contributed by atoms with Gasteiger partial charge in [0.2, 0.25) is 0 Å². The molecule has 4 heteroatoms. The maximum Gasteiger partial charge on any atom is 0.271 e. The second-order valence-corrected chi connectivity index (χ2v) is 3.53. The number of aryl methyl sites for hydroxylation is 2. The molecule has 0 bridgehead atoms. The molecule has 2 aromatic rings. The largest absolute Gasteiger partial charge is 0.398 e. The monoisotopic (exact) mass is 218 g/mol. The van der Waals surface area contributed by atoms with Gasteiger partial charge in [0.15, 0.2) is 12.4 Å². The number of nitrogens with zero attached hydrogens (tertiary/aromatic N) is 2. The van der Waals surface area contributed by atoms with Crippen molar-refractivity contribution in [2.24, 2.45) is 14.1 Å². The van der Waals surface area contributed by atoms with Crippen molar-refractivity contribution in [2.75, 3.05) is 11.5 Å². The summed E-state index contributed by atoms with van der Waals surface area (Å²) in [7, 11) is 3.87. The summed E-state index contributed by atoms with van der Waals surface area (Å²) in [6.07, 6.45) is 5.74. The van der Waals surface area contributed by atoms with Gasteiger partial charge in [-0.2, -0.15) is 0 Å². The fourth-order valence-corrected chi connectivity index (χ4v) is 1.05. The summed E-state index contributed by atoms with van der Waals surface area (Å²) in [4.78, 5) is 0. The van der Waals surface area contributed by atoms with Crippen LogP contribution in [0.5, 0.6) is 0 Å². The molecule has 0 radical (unpaired) electrons. The highest BCUT2D eigenvalue weighted by Gasteiger charge is 1.90. The zero-order chi connectivity index (χ0) is 12.0. The molecule has 0 saturated carbocycles. The minimum absolute atomic E-state index is 0.785. The molecule has 2 rings (SSSR count). The van der Waals surface area contributed by atoms with Crippen LogP contribution in [0.25, 0.3) is 0 Å². The smallest absolute Gasteiger partial charge is 0.271 e. The summed E-state index contributed by atoms with van der Waals surface area (Å²) < 4.78 is 3.80. The van der Waals surface area contributed by atoms with Gasteiger partial charge in [-0.1, -0.05) is 6.07 Å². The Kier molecular flexibility index (Phi) is 4.27. The van der Waals surface area contributed by atoms with Gasteiger partial charge in [-0.25, -0.2) is 9.13 Å². The molecule has 0 spiro atoms. The van der Waals surface area contributed by atoms with E-state index in [1.165, 1.54) is 0 Å². The third-order valence-corrected chi connectivity index (χ3v) is 2.10. The van der Waals surface area contributed by atoms with Crippen molar-refractivity contribution in [2.45, 2.75) is 0 Å². The first-order valence-corrected chi connectivity index (χ1v) is 5.00. The van der Waals surface area contributed by atoms with Crippen molar-refractivity contribution in [3.8, 4) is 0 Å². The average molecular weight is 218 g/mol. The molecule has 0 unspecified atom stereocenters. The highest BCUT2D eigenvalue weighted by molar-refractivity contribution is 5.32. The van der Waals surface area contributed by atoms with Crippen molar-refractivity contribution in [3.63, 3.8) is 0 Å². The predicted octanol–water partition coefficient (Wildman–Crippen LogP) is 0.187. The van der Waals surface area contributed by atoms with Crippen LogP contribution in [0.3, 0.4) is 0 Å². The molecule has 0 aromatic carbocycles. The van der Waals surface area contributed by atoms with E-state index in [0.29, 0.717) is 0 Å². The number of nitrogen functional groups attached to an aromatic ring is 2. The van der Waals surface area contributed by atoms with E-state index in [0.717, 1.165) is 11.5 Å². The molecule has 0 aliphatic carbocycles. The van der Waals surface area contributed by atoms with E-state index in [9.17, 15) is 0 Å². The maximum absolute atomic E-state index is 5.48. The van der Waals surface area contributed by atoms with Gasteiger partial charge in [-0.3, -0.25) is 5.73 Å². The number of hydrogen-bond acceptors (Lipinski definition) is 2. The lowest BCUT2D eigenvalue weighted by atomic mass is 10.4. The van der Waals surface area contributed by atoms with Gasteiger partial charge in [0.25, 0.3) is 5.82 Å². The topological polar surface area (TPSA) is 59.8 Å². The van der Waals surface area contributed by atoms with Gasteiger partial charge in [-0.15, -0.1) is 0 Å². The first kappa shape index (κ1) is 12.0. The molecule has 4 nitrogen and oxygen atoms in total. The number of pyridine rings is 2. The molecule has 0 aliphatic rings. The van der Waals surface area contributed by atoms with E-state index in [-0.39, 0.29) is 0 Å². The summed E-state index contributed by atoms with van der Waals surface area (Å²) in [5, 5.41) is 0. The standard InChI is InChI=1S/2C6H8N2/c1-8-4-2-6(7)3-5-8;1-8-5-3-2-4-6(8)7/h2*2-5,7H,1H3/p+2. The second-order valence-electron chi connectivity index (χ2n) is 3.53. The van der Waals surface area contributed by atoms with Crippen LogP contribution < -0.4 is 20.6 Å². The quantitative estimate of drug-likeness (QED) is 0.620. The summed E-state index contributed by atoms with van der Waals surface area (Å²) >= 11 is 0. The van der Waals surface area contributed by atoms with Gasteiger partial charge in [0.1, 0.15) is 7.05 Å². The predicted molar refractivity (Wildman–Crippen MR) is 64.1 cm³/mol. The van der Waals surface area contributed by atoms with Crippen molar-refractivity contribution >= 4 is 11.5 Å². The van der Waals surface area contributed by atoms with E-state index in [4.69, 9.17) is 11.5 Å². The lowest BCUT2D eigenvalue weighted by molar-refractivity contribution is -0.671. The SMILES string of the molecule is C[n+]1ccc(N)cc1.C[n+]1ccccc1N. The minimum Gasteiger partial charge on any atom is -0.398 e. The average Bonchev–Trinajstić information content (AvgIpc) is 2.28. The van der Waals surface area contributed by atoms with Crippen LogP contribution in [-0.2, 0) is 14.1 Å². The lowest BCUT2D eigenvalue weighted by Crippen LogP contribution is -2.30. The number of aromatic nitrogens is 2. The normalized spacial score (nSPS) is 9.12. The van der Waals surface area contributed by atoms with E-state index in [1.807, 2.05) is 72.2 Å². The van der Waals surface area contributed by atoms with Gasteiger partial charge in [0, 0.05) is 23.9 Å². The molecule has 0 amide bonds. The van der Waals surface area contributed by atoms with Crippen LogP contribution in [0.4, 0.5) is 11.5 Å². The summed E-state index contributed by atoms with van der Waals surface area (Å²) in [6, 6.07) is 9.44. The number of anilines is 2. The Morgan fingerprint density at radius 1 is 0.875 bits per heavy atom. The Hall–Kier alpha value is -2.10.